The molecule has 1 heterocycles. The maximum atomic E-state index is 12.3. The fraction of sp³-hybridized carbons (Fsp3) is 0.733. The molecule has 0 aliphatic heterocycles. The van der Waals surface area contributed by atoms with E-state index in [9.17, 15) is 14.9 Å². The van der Waals surface area contributed by atoms with Crippen molar-refractivity contribution in [2.45, 2.75) is 59.5 Å². The lowest BCUT2D eigenvalue weighted by atomic mass is 9.79. The third kappa shape index (κ3) is 3.28. The van der Waals surface area contributed by atoms with Gasteiger partial charge in [0.25, 0.3) is 0 Å². The highest BCUT2D eigenvalue weighted by atomic mass is 16.6. The lowest BCUT2D eigenvalue weighted by Gasteiger charge is -2.35. The van der Waals surface area contributed by atoms with E-state index in [1.807, 2.05) is 0 Å². The van der Waals surface area contributed by atoms with Crippen molar-refractivity contribution in [2.75, 3.05) is 0 Å². The molecule has 7 nitrogen and oxygen atoms in total. The second-order valence-electron chi connectivity index (χ2n) is 6.41. The van der Waals surface area contributed by atoms with Gasteiger partial charge in [0, 0.05) is 6.04 Å². The molecule has 1 aromatic heterocycles. The van der Waals surface area contributed by atoms with Gasteiger partial charge < -0.3 is 5.32 Å². The summed E-state index contributed by atoms with van der Waals surface area (Å²) in [4.78, 5) is 22.8. The van der Waals surface area contributed by atoms with E-state index < -0.39 is 4.92 Å². The molecular weight excluding hydrogens is 284 g/mol. The molecule has 22 heavy (non-hydrogen) atoms. The van der Waals surface area contributed by atoms with E-state index in [4.69, 9.17) is 0 Å². The quantitative estimate of drug-likeness (QED) is 0.683. The van der Waals surface area contributed by atoms with E-state index in [-0.39, 0.29) is 24.2 Å². The van der Waals surface area contributed by atoms with Gasteiger partial charge in [-0.2, -0.15) is 5.10 Å². The van der Waals surface area contributed by atoms with Crippen molar-refractivity contribution in [3.8, 4) is 0 Å². The van der Waals surface area contributed by atoms with Crippen LogP contribution in [0.2, 0.25) is 0 Å². The van der Waals surface area contributed by atoms with Gasteiger partial charge in [-0.3, -0.25) is 19.6 Å². The van der Waals surface area contributed by atoms with Crippen molar-refractivity contribution < 1.29 is 9.72 Å². The minimum atomic E-state index is -0.447. The highest BCUT2D eigenvalue weighted by molar-refractivity contribution is 5.76. The molecule has 122 valence electrons. The van der Waals surface area contributed by atoms with Crippen LogP contribution in [0.5, 0.6) is 0 Å². The molecule has 2 unspecified atom stereocenters. The van der Waals surface area contributed by atoms with Crippen LogP contribution in [0.4, 0.5) is 5.69 Å². The third-order valence-electron chi connectivity index (χ3n) is 4.69. The Morgan fingerprint density at radius 3 is 2.45 bits per heavy atom. The molecule has 0 saturated heterocycles. The number of nitro groups is 1. The molecule has 1 amide bonds. The summed E-state index contributed by atoms with van der Waals surface area (Å²) in [6.07, 6.45) is 3.46. The minimum absolute atomic E-state index is 0.00722. The highest BCUT2D eigenvalue weighted by Crippen LogP contribution is 2.29. The lowest BCUT2D eigenvalue weighted by molar-refractivity contribution is -0.386. The number of nitrogens with zero attached hydrogens (tertiary/aromatic N) is 3. The number of aryl methyl sites for hydroxylation is 1. The van der Waals surface area contributed by atoms with Crippen molar-refractivity contribution in [1.82, 2.24) is 15.1 Å². The monoisotopic (exact) mass is 308 g/mol. The van der Waals surface area contributed by atoms with Crippen LogP contribution in [0.15, 0.2) is 0 Å². The summed E-state index contributed by atoms with van der Waals surface area (Å²) in [6.45, 7) is 7.56. The summed E-state index contributed by atoms with van der Waals surface area (Å²) in [5, 5.41) is 18.2. The molecule has 1 fully saturated rings. The molecule has 1 saturated carbocycles. The van der Waals surface area contributed by atoms with Gasteiger partial charge in [-0.25, -0.2) is 0 Å². The van der Waals surface area contributed by atoms with Crippen molar-refractivity contribution in [1.29, 1.82) is 0 Å². The Morgan fingerprint density at radius 2 is 1.95 bits per heavy atom. The van der Waals surface area contributed by atoms with Crippen LogP contribution in [0.3, 0.4) is 0 Å². The molecule has 1 N–H and O–H groups in total. The third-order valence-corrected chi connectivity index (χ3v) is 4.69. The topological polar surface area (TPSA) is 90.1 Å². The first-order valence-corrected chi connectivity index (χ1v) is 7.79. The van der Waals surface area contributed by atoms with Crippen LogP contribution in [0, 0.1) is 35.8 Å². The summed E-state index contributed by atoms with van der Waals surface area (Å²) in [6, 6.07) is 0.174. The van der Waals surface area contributed by atoms with Crippen LogP contribution >= 0.6 is 0 Å². The maximum absolute atomic E-state index is 12.3. The number of carbonyl (C=O) groups is 1. The highest BCUT2D eigenvalue weighted by Gasteiger charge is 2.29. The maximum Gasteiger partial charge on any atom is 0.312 e. The predicted molar refractivity (Wildman–Crippen MR) is 82.5 cm³/mol. The molecule has 7 heteroatoms. The number of carbonyl (C=O) groups excluding carboxylic acids is 1. The Hall–Kier alpha value is -1.92. The van der Waals surface area contributed by atoms with Gasteiger partial charge >= 0.3 is 5.69 Å². The molecule has 1 aromatic rings. The number of amides is 1. The van der Waals surface area contributed by atoms with E-state index in [2.05, 4.69) is 24.3 Å². The van der Waals surface area contributed by atoms with Crippen molar-refractivity contribution >= 4 is 11.6 Å². The van der Waals surface area contributed by atoms with Gasteiger partial charge in [0.1, 0.15) is 17.9 Å². The van der Waals surface area contributed by atoms with Gasteiger partial charge in [-0.1, -0.05) is 20.3 Å². The van der Waals surface area contributed by atoms with Gasteiger partial charge in [0.2, 0.25) is 5.91 Å². The fourth-order valence-corrected chi connectivity index (χ4v) is 3.44. The number of nitrogens with one attached hydrogen (secondary N) is 1. The zero-order valence-electron chi connectivity index (χ0n) is 13.6. The molecule has 0 radical (unpaired) electrons. The van der Waals surface area contributed by atoms with E-state index in [1.165, 1.54) is 11.1 Å². The Labute approximate surface area is 130 Å². The zero-order valence-corrected chi connectivity index (χ0v) is 13.6. The number of hydrogen-bond donors (Lipinski definition) is 1. The van der Waals surface area contributed by atoms with Gasteiger partial charge in [0.05, 0.1) is 4.92 Å². The van der Waals surface area contributed by atoms with Crippen molar-refractivity contribution in [3.63, 3.8) is 0 Å². The first-order valence-electron chi connectivity index (χ1n) is 7.79. The Balaban J connectivity index is 2.06. The summed E-state index contributed by atoms with van der Waals surface area (Å²) < 4.78 is 1.42. The van der Waals surface area contributed by atoms with Crippen molar-refractivity contribution in [3.05, 3.63) is 21.5 Å². The molecule has 0 bridgehead atoms. The average Bonchev–Trinajstić information content (AvgIpc) is 2.69. The first-order chi connectivity index (χ1) is 10.3. The van der Waals surface area contributed by atoms with Crippen molar-refractivity contribution in [2.24, 2.45) is 11.8 Å². The summed E-state index contributed by atoms with van der Waals surface area (Å²) in [7, 11) is 0. The normalized spacial score (nSPS) is 25.0. The van der Waals surface area contributed by atoms with E-state index in [0.717, 1.165) is 12.8 Å². The Bertz CT molecular complexity index is 572. The van der Waals surface area contributed by atoms with Gasteiger partial charge in [-0.05, 0) is 38.5 Å². The number of hydrogen-bond acceptors (Lipinski definition) is 4. The molecule has 1 aliphatic carbocycles. The number of rotatable bonds is 4. The SMILES string of the molecule is Cc1nn(CC(=O)NC2C(C)CCCC2C)c(C)c1[N+](=O)[O-]. The van der Waals surface area contributed by atoms with Crippen LogP contribution in [-0.4, -0.2) is 26.7 Å². The molecule has 0 aromatic carbocycles. The van der Waals surface area contributed by atoms with Crippen LogP contribution in [-0.2, 0) is 11.3 Å². The first kappa shape index (κ1) is 16.5. The molecule has 2 rings (SSSR count). The molecule has 2 atom stereocenters. The fourth-order valence-electron chi connectivity index (χ4n) is 3.44. The molecular formula is C15H24N4O3. The minimum Gasteiger partial charge on any atom is -0.351 e. The van der Waals surface area contributed by atoms with E-state index >= 15 is 0 Å². The molecule has 1 aliphatic rings. The average molecular weight is 308 g/mol. The van der Waals surface area contributed by atoms with Crippen LogP contribution < -0.4 is 5.32 Å². The van der Waals surface area contributed by atoms with Gasteiger partial charge in [0.15, 0.2) is 0 Å². The lowest BCUT2D eigenvalue weighted by Crippen LogP contribution is -2.46. The second kappa shape index (κ2) is 6.46. The van der Waals surface area contributed by atoms with Crippen LogP contribution in [0.25, 0.3) is 0 Å². The Morgan fingerprint density at radius 1 is 1.36 bits per heavy atom. The van der Waals surface area contributed by atoms with Gasteiger partial charge in [-0.15, -0.1) is 0 Å². The van der Waals surface area contributed by atoms with E-state index in [1.54, 1.807) is 13.8 Å². The second-order valence-corrected chi connectivity index (χ2v) is 6.41. The van der Waals surface area contributed by atoms with Crippen LogP contribution in [0.1, 0.15) is 44.5 Å². The summed E-state index contributed by atoms with van der Waals surface area (Å²) >= 11 is 0. The number of aromatic nitrogens is 2. The Kier molecular flexibility index (Phi) is 4.83. The van der Waals surface area contributed by atoms with E-state index in [0.29, 0.717) is 23.2 Å². The molecule has 0 spiro atoms. The largest absolute Gasteiger partial charge is 0.351 e. The zero-order chi connectivity index (χ0) is 16.4. The summed E-state index contributed by atoms with van der Waals surface area (Å²) in [5.74, 6) is 0.788. The smallest absolute Gasteiger partial charge is 0.312 e. The summed E-state index contributed by atoms with van der Waals surface area (Å²) in [5.41, 5.74) is 0.754. The predicted octanol–water partition coefficient (Wildman–Crippen LogP) is 2.35. The standard InChI is InChI=1S/C15H24N4O3/c1-9-6-5-7-10(2)14(9)16-13(20)8-18-12(4)15(19(21)22)11(3)17-18/h9-10,14H,5-8H2,1-4H3,(H,16,20).